The molecule has 0 spiro atoms. The van der Waals surface area contributed by atoms with Crippen molar-refractivity contribution in [3.8, 4) is 0 Å². The first-order chi connectivity index (χ1) is 7.59. The van der Waals surface area contributed by atoms with Crippen LogP contribution in [0.1, 0.15) is 40.5 Å². The molecule has 94 valence electrons. The van der Waals surface area contributed by atoms with E-state index in [0.29, 0.717) is 6.04 Å². The molecule has 1 aliphatic heterocycles. The van der Waals surface area contributed by atoms with E-state index >= 15 is 0 Å². The van der Waals surface area contributed by atoms with E-state index in [9.17, 15) is 0 Å². The van der Waals surface area contributed by atoms with Crippen LogP contribution in [-0.2, 0) is 0 Å². The molecule has 16 heavy (non-hydrogen) atoms. The van der Waals surface area contributed by atoms with E-state index in [0.717, 1.165) is 19.0 Å². The third kappa shape index (κ3) is 5.13. The lowest BCUT2D eigenvalue weighted by Gasteiger charge is -2.32. The zero-order valence-electron chi connectivity index (χ0n) is 11.4. The molecular formula is C14H28N2. The van der Waals surface area contributed by atoms with Gasteiger partial charge in [0.25, 0.3) is 0 Å². The summed E-state index contributed by atoms with van der Waals surface area (Å²) in [7, 11) is 0. The van der Waals surface area contributed by atoms with Gasteiger partial charge in [0.15, 0.2) is 0 Å². The van der Waals surface area contributed by atoms with E-state index in [1.165, 1.54) is 31.5 Å². The van der Waals surface area contributed by atoms with Gasteiger partial charge in [-0.1, -0.05) is 25.5 Å². The first kappa shape index (κ1) is 13.7. The van der Waals surface area contributed by atoms with Crippen LogP contribution in [-0.4, -0.2) is 37.1 Å². The van der Waals surface area contributed by atoms with Gasteiger partial charge in [0.05, 0.1) is 0 Å². The maximum absolute atomic E-state index is 3.52. The molecular weight excluding hydrogens is 196 g/mol. The minimum absolute atomic E-state index is 0.711. The van der Waals surface area contributed by atoms with Crippen molar-refractivity contribution in [2.24, 2.45) is 5.92 Å². The van der Waals surface area contributed by atoms with Crippen LogP contribution in [0.5, 0.6) is 0 Å². The Morgan fingerprint density at radius 2 is 2.12 bits per heavy atom. The fourth-order valence-electron chi connectivity index (χ4n) is 2.20. The van der Waals surface area contributed by atoms with Gasteiger partial charge in [-0.25, -0.2) is 0 Å². The third-order valence-corrected chi connectivity index (χ3v) is 3.28. The number of nitrogens with one attached hydrogen (secondary N) is 1. The maximum atomic E-state index is 3.52. The van der Waals surface area contributed by atoms with Gasteiger partial charge in [0.2, 0.25) is 0 Å². The number of hydrogen-bond acceptors (Lipinski definition) is 2. The lowest BCUT2D eigenvalue weighted by Crippen LogP contribution is -2.39. The average Bonchev–Trinajstić information content (AvgIpc) is 2.24. The highest BCUT2D eigenvalue weighted by atomic mass is 15.2. The zero-order valence-corrected chi connectivity index (χ0v) is 11.4. The van der Waals surface area contributed by atoms with Crippen LogP contribution in [0.4, 0.5) is 0 Å². The van der Waals surface area contributed by atoms with Crippen LogP contribution in [0.15, 0.2) is 11.6 Å². The quantitative estimate of drug-likeness (QED) is 0.551. The van der Waals surface area contributed by atoms with E-state index in [1.54, 1.807) is 0 Å². The summed E-state index contributed by atoms with van der Waals surface area (Å²) in [6.45, 7) is 13.8. The van der Waals surface area contributed by atoms with Crippen LogP contribution < -0.4 is 5.32 Å². The number of rotatable bonds is 6. The molecule has 0 saturated carbocycles. The molecule has 0 amide bonds. The molecule has 2 nitrogen and oxygen atoms in total. The molecule has 1 unspecified atom stereocenters. The van der Waals surface area contributed by atoms with Gasteiger partial charge in [-0.05, 0) is 45.7 Å². The van der Waals surface area contributed by atoms with E-state index in [-0.39, 0.29) is 0 Å². The SMILES string of the molecule is CC1=CCCN(C(C)CCNCC(C)C)C1. The Morgan fingerprint density at radius 1 is 1.38 bits per heavy atom. The molecule has 1 atom stereocenters. The minimum atomic E-state index is 0.711. The van der Waals surface area contributed by atoms with Crippen molar-refractivity contribution in [3.63, 3.8) is 0 Å². The standard InChI is InChI=1S/C14H28N2/c1-12(2)10-15-8-7-14(4)16-9-5-6-13(3)11-16/h6,12,14-15H,5,7-11H2,1-4H3. The van der Waals surface area contributed by atoms with Crippen molar-refractivity contribution in [1.29, 1.82) is 0 Å². The molecule has 0 aromatic carbocycles. The molecule has 0 aromatic rings. The van der Waals surface area contributed by atoms with Crippen molar-refractivity contribution in [2.45, 2.75) is 46.6 Å². The first-order valence-electron chi connectivity index (χ1n) is 6.70. The topological polar surface area (TPSA) is 15.3 Å². The monoisotopic (exact) mass is 224 g/mol. The lowest BCUT2D eigenvalue weighted by molar-refractivity contribution is 0.210. The second kappa shape index (κ2) is 7.08. The second-order valence-corrected chi connectivity index (χ2v) is 5.55. The molecule has 0 bridgehead atoms. The first-order valence-corrected chi connectivity index (χ1v) is 6.70. The Morgan fingerprint density at radius 3 is 2.75 bits per heavy atom. The van der Waals surface area contributed by atoms with Gasteiger partial charge in [-0.3, -0.25) is 4.90 Å². The Bertz CT molecular complexity index is 221. The third-order valence-electron chi connectivity index (χ3n) is 3.28. The summed E-state index contributed by atoms with van der Waals surface area (Å²) < 4.78 is 0. The fourth-order valence-corrected chi connectivity index (χ4v) is 2.20. The van der Waals surface area contributed by atoms with Crippen molar-refractivity contribution in [3.05, 3.63) is 11.6 Å². The average molecular weight is 224 g/mol. The molecule has 2 heteroatoms. The van der Waals surface area contributed by atoms with Crippen LogP contribution in [0.25, 0.3) is 0 Å². The predicted molar refractivity (Wildman–Crippen MR) is 71.7 cm³/mol. The lowest BCUT2D eigenvalue weighted by atomic mass is 10.1. The van der Waals surface area contributed by atoms with Crippen molar-refractivity contribution < 1.29 is 0 Å². The van der Waals surface area contributed by atoms with Crippen LogP contribution >= 0.6 is 0 Å². The minimum Gasteiger partial charge on any atom is -0.316 e. The Kier molecular flexibility index (Phi) is 6.07. The Labute approximate surface area is 101 Å². The van der Waals surface area contributed by atoms with Gasteiger partial charge in [-0.15, -0.1) is 0 Å². The summed E-state index contributed by atoms with van der Waals surface area (Å²) >= 11 is 0. The van der Waals surface area contributed by atoms with Crippen molar-refractivity contribution in [1.82, 2.24) is 10.2 Å². The van der Waals surface area contributed by atoms with Gasteiger partial charge >= 0.3 is 0 Å². The Balaban J connectivity index is 2.15. The van der Waals surface area contributed by atoms with Crippen LogP contribution in [0, 0.1) is 5.92 Å². The highest BCUT2D eigenvalue weighted by Gasteiger charge is 2.15. The molecule has 0 radical (unpaired) electrons. The van der Waals surface area contributed by atoms with Gasteiger partial charge in [-0.2, -0.15) is 0 Å². The predicted octanol–water partition coefficient (Wildman–Crippen LogP) is 2.66. The summed E-state index contributed by atoms with van der Waals surface area (Å²) in [4.78, 5) is 2.60. The van der Waals surface area contributed by atoms with E-state index in [2.05, 4.69) is 44.0 Å². The summed E-state index contributed by atoms with van der Waals surface area (Å²) in [5.74, 6) is 0.760. The van der Waals surface area contributed by atoms with Gasteiger partial charge in [0, 0.05) is 19.1 Å². The highest BCUT2D eigenvalue weighted by molar-refractivity contribution is 5.05. The number of nitrogens with zero attached hydrogens (tertiary/aromatic N) is 1. The Hall–Kier alpha value is -0.340. The molecule has 1 heterocycles. The number of hydrogen-bond donors (Lipinski definition) is 1. The molecule has 0 saturated heterocycles. The summed E-state index contributed by atoms with van der Waals surface area (Å²) in [6.07, 6.45) is 4.87. The van der Waals surface area contributed by atoms with Gasteiger partial charge < -0.3 is 5.32 Å². The molecule has 0 fully saturated rings. The molecule has 0 aromatic heterocycles. The van der Waals surface area contributed by atoms with Crippen LogP contribution in [0.3, 0.4) is 0 Å². The molecule has 1 aliphatic rings. The van der Waals surface area contributed by atoms with Crippen molar-refractivity contribution >= 4 is 0 Å². The van der Waals surface area contributed by atoms with Crippen molar-refractivity contribution in [2.75, 3.05) is 26.2 Å². The van der Waals surface area contributed by atoms with E-state index in [1.807, 2.05) is 0 Å². The molecule has 1 rings (SSSR count). The largest absolute Gasteiger partial charge is 0.316 e. The second-order valence-electron chi connectivity index (χ2n) is 5.55. The van der Waals surface area contributed by atoms with E-state index in [4.69, 9.17) is 0 Å². The zero-order chi connectivity index (χ0) is 12.0. The maximum Gasteiger partial charge on any atom is 0.0193 e. The molecule has 0 aliphatic carbocycles. The smallest absolute Gasteiger partial charge is 0.0193 e. The summed E-state index contributed by atoms with van der Waals surface area (Å²) in [5, 5.41) is 3.52. The van der Waals surface area contributed by atoms with E-state index < -0.39 is 0 Å². The fraction of sp³-hybridized carbons (Fsp3) is 0.857. The summed E-state index contributed by atoms with van der Waals surface area (Å²) in [5.41, 5.74) is 1.54. The van der Waals surface area contributed by atoms with Gasteiger partial charge in [0.1, 0.15) is 0 Å². The molecule has 1 N–H and O–H groups in total. The summed E-state index contributed by atoms with van der Waals surface area (Å²) in [6, 6.07) is 0.711. The highest BCUT2D eigenvalue weighted by Crippen LogP contribution is 2.13. The van der Waals surface area contributed by atoms with Crippen LogP contribution in [0.2, 0.25) is 0 Å². The normalized spacial score (nSPS) is 19.9.